The van der Waals surface area contributed by atoms with Crippen LogP contribution in [-0.2, 0) is 9.59 Å². The van der Waals surface area contributed by atoms with Crippen LogP contribution in [0.5, 0.6) is 11.5 Å². The van der Waals surface area contributed by atoms with Crippen LogP contribution in [0.3, 0.4) is 0 Å². The lowest BCUT2D eigenvalue weighted by Gasteiger charge is -2.13. The van der Waals surface area contributed by atoms with E-state index in [1.807, 2.05) is 5.32 Å². The molecule has 1 rings (SSSR count). The van der Waals surface area contributed by atoms with E-state index in [0.717, 1.165) is 0 Å². The standard InChI is InChI=1S/C12H13NO7/c1-20-6-2-3-7(9(14)4-6)11(17)13-8(12(18)19)5-10(15)16/h2-4,8,14H,5H2,1H3,(H,13,17)(H,15,16)(H,18,19). The Morgan fingerprint density at radius 2 is 1.95 bits per heavy atom. The lowest BCUT2D eigenvalue weighted by atomic mass is 10.1. The maximum atomic E-state index is 11.8. The number of nitrogens with one attached hydrogen (secondary N) is 1. The second-order valence-electron chi connectivity index (χ2n) is 3.85. The largest absolute Gasteiger partial charge is 0.507 e. The van der Waals surface area contributed by atoms with Gasteiger partial charge in [0.15, 0.2) is 0 Å². The van der Waals surface area contributed by atoms with Crippen LogP contribution in [0.2, 0.25) is 0 Å². The highest BCUT2D eigenvalue weighted by atomic mass is 16.5. The smallest absolute Gasteiger partial charge is 0.326 e. The van der Waals surface area contributed by atoms with Crippen molar-refractivity contribution in [3.05, 3.63) is 23.8 Å². The van der Waals surface area contributed by atoms with Crippen molar-refractivity contribution in [2.75, 3.05) is 7.11 Å². The highest BCUT2D eigenvalue weighted by molar-refractivity contribution is 5.99. The van der Waals surface area contributed by atoms with Gasteiger partial charge >= 0.3 is 11.9 Å². The zero-order chi connectivity index (χ0) is 15.3. The number of benzene rings is 1. The first-order valence-electron chi connectivity index (χ1n) is 5.47. The number of phenolic OH excluding ortho intramolecular Hbond substituents is 1. The van der Waals surface area contributed by atoms with Gasteiger partial charge in [0.1, 0.15) is 17.5 Å². The number of aromatic hydroxyl groups is 1. The molecule has 0 aromatic heterocycles. The summed E-state index contributed by atoms with van der Waals surface area (Å²) in [5, 5.41) is 29.0. The molecule has 0 bridgehead atoms. The topological polar surface area (TPSA) is 133 Å². The van der Waals surface area contributed by atoms with Gasteiger partial charge in [0.25, 0.3) is 5.91 Å². The summed E-state index contributed by atoms with van der Waals surface area (Å²) in [6.45, 7) is 0. The number of carbonyl (C=O) groups is 3. The van der Waals surface area contributed by atoms with Crippen LogP contribution in [0.1, 0.15) is 16.8 Å². The zero-order valence-corrected chi connectivity index (χ0v) is 10.5. The molecule has 1 amide bonds. The van der Waals surface area contributed by atoms with E-state index in [0.29, 0.717) is 5.75 Å². The Labute approximate surface area is 113 Å². The third-order valence-corrected chi connectivity index (χ3v) is 2.43. The predicted molar refractivity (Wildman–Crippen MR) is 65.8 cm³/mol. The Hall–Kier alpha value is -2.77. The summed E-state index contributed by atoms with van der Waals surface area (Å²) in [5.41, 5.74) is -0.178. The molecular weight excluding hydrogens is 270 g/mol. The van der Waals surface area contributed by atoms with Crippen LogP contribution in [0.25, 0.3) is 0 Å². The van der Waals surface area contributed by atoms with Crippen molar-refractivity contribution < 1.29 is 34.4 Å². The SMILES string of the molecule is COc1ccc(C(=O)NC(CC(=O)O)C(=O)O)c(O)c1. The lowest BCUT2D eigenvalue weighted by molar-refractivity contribution is -0.145. The summed E-state index contributed by atoms with van der Waals surface area (Å²) in [5.74, 6) is -3.81. The molecule has 0 saturated heterocycles. The second-order valence-corrected chi connectivity index (χ2v) is 3.85. The van der Waals surface area contributed by atoms with E-state index in [1.165, 1.54) is 25.3 Å². The molecule has 1 aromatic rings. The summed E-state index contributed by atoms with van der Waals surface area (Å²) >= 11 is 0. The zero-order valence-electron chi connectivity index (χ0n) is 10.5. The maximum absolute atomic E-state index is 11.8. The minimum atomic E-state index is -1.58. The van der Waals surface area contributed by atoms with E-state index >= 15 is 0 Å². The minimum absolute atomic E-state index is 0.178. The van der Waals surface area contributed by atoms with E-state index in [4.69, 9.17) is 14.9 Å². The van der Waals surface area contributed by atoms with Gasteiger partial charge in [0, 0.05) is 6.07 Å². The van der Waals surface area contributed by atoms with Crippen LogP contribution in [-0.4, -0.2) is 46.3 Å². The summed E-state index contributed by atoms with van der Waals surface area (Å²) in [4.78, 5) is 33.1. The number of amides is 1. The van der Waals surface area contributed by atoms with E-state index in [1.54, 1.807) is 0 Å². The molecule has 1 aromatic carbocycles. The van der Waals surface area contributed by atoms with E-state index < -0.39 is 36.1 Å². The van der Waals surface area contributed by atoms with Gasteiger partial charge in [-0.25, -0.2) is 4.79 Å². The quantitative estimate of drug-likeness (QED) is 0.580. The Morgan fingerprint density at radius 1 is 1.30 bits per heavy atom. The molecule has 0 aliphatic carbocycles. The van der Waals surface area contributed by atoms with Crippen molar-refractivity contribution in [1.82, 2.24) is 5.32 Å². The van der Waals surface area contributed by atoms with Crippen molar-refractivity contribution in [3.8, 4) is 11.5 Å². The number of hydrogen-bond acceptors (Lipinski definition) is 5. The van der Waals surface area contributed by atoms with E-state index in [2.05, 4.69) is 0 Å². The van der Waals surface area contributed by atoms with Crippen molar-refractivity contribution in [1.29, 1.82) is 0 Å². The molecule has 1 atom stereocenters. The highest BCUT2D eigenvalue weighted by Gasteiger charge is 2.24. The summed E-state index contributed by atoms with van der Waals surface area (Å²) in [6.07, 6.45) is -0.766. The number of ether oxygens (including phenoxy) is 1. The second kappa shape index (κ2) is 6.41. The number of rotatable bonds is 6. The van der Waals surface area contributed by atoms with Crippen molar-refractivity contribution in [2.45, 2.75) is 12.5 Å². The molecule has 0 aliphatic rings. The summed E-state index contributed by atoms with van der Waals surface area (Å²) < 4.78 is 4.84. The molecule has 8 nitrogen and oxygen atoms in total. The number of methoxy groups -OCH3 is 1. The number of hydrogen-bond donors (Lipinski definition) is 4. The number of phenols is 1. The molecule has 0 heterocycles. The molecule has 4 N–H and O–H groups in total. The fraction of sp³-hybridized carbons (Fsp3) is 0.250. The molecule has 108 valence electrons. The van der Waals surface area contributed by atoms with Crippen LogP contribution < -0.4 is 10.1 Å². The normalized spacial score (nSPS) is 11.4. The molecule has 0 aliphatic heterocycles. The molecular formula is C12H13NO7. The van der Waals surface area contributed by atoms with Crippen molar-refractivity contribution >= 4 is 17.8 Å². The Bertz CT molecular complexity index is 541. The average Bonchev–Trinajstić information content (AvgIpc) is 2.36. The predicted octanol–water partition coefficient (Wildman–Crippen LogP) is 0.0585. The van der Waals surface area contributed by atoms with Crippen LogP contribution >= 0.6 is 0 Å². The molecule has 8 heteroatoms. The third kappa shape index (κ3) is 3.87. The van der Waals surface area contributed by atoms with E-state index in [-0.39, 0.29) is 5.56 Å². The van der Waals surface area contributed by atoms with Crippen LogP contribution in [0.4, 0.5) is 0 Å². The monoisotopic (exact) mass is 283 g/mol. The molecule has 0 spiro atoms. The van der Waals surface area contributed by atoms with Gasteiger partial charge in [-0.05, 0) is 12.1 Å². The molecule has 0 saturated carbocycles. The van der Waals surface area contributed by atoms with Gasteiger partial charge < -0.3 is 25.4 Å². The molecule has 1 unspecified atom stereocenters. The summed E-state index contributed by atoms with van der Waals surface area (Å²) in [7, 11) is 1.38. The fourth-order valence-corrected chi connectivity index (χ4v) is 1.44. The van der Waals surface area contributed by atoms with Crippen molar-refractivity contribution in [3.63, 3.8) is 0 Å². The molecule has 20 heavy (non-hydrogen) atoms. The van der Waals surface area contributed by atoms with Gasteiger partial charge in [0.05, 0.1) is 19.1 Å². The summed E-state index contributed by atoms with van der Waals surface area (Å²) in [6, 6.07) is 2.24. The minimum Gasteiger partial charge on any atom is -0.507 e. The van der Waals surface area contributed by atoms with Gasteiger partial charge in [0.2, 0.25) is 0 Å². The van der Waals surface area contributed by atoms with Crippen LogP contribution in [0.15, 0.2) is 18.2 Å². The first-order chi connectivity index (χ1) is 9.35. The number of carboxylic acids is 2. The number of aliphatic carboxylic acids is 2. The third-order valence-electron chi connectivity index (χ3n) is 2.43. The lowest BCUT2D eigenvalue weighted by Crippen LogP contribution is -2.42. The van der Waals surface area contributed by atoms with Gasteiger partial charge in [-0.1, -0.05) is 0 Å². The Kier molecular flexibility index (Phi) is 4.90. The van der Waals surface area contributed by atoms with Crippen molar-refractivity contribution in [2.24, 2.45) is 0 Å². The first kappa shape index (κ1) is 15.3. The Balaban J connectivity index is 2.89. The van der Waals surface area contributed by atoms with Crippen LogP contribution in [0, 0.1) is 0 Å². The average molecular weight is 283 g/mol. The number of carboxylic acid groups (broad SMARTS) is 2. The first-order valence-corrected chi connectivity index (χ1v) is 5.47. The van der Waals surface area contributed by atoms with E-state index in [9.17, 15) is 19.5 Å². The Morgan fingerprint density at radius 3 is 2.40 bits per heavy atom. The highest BCUT2D eigenvalue weighted by Crippen LogP contribution is 2.23. The number of carbonyl (C=O) groups excluding carboxylic acids is 1. The molecule has 0 radical (unpaired) electrons. The van der Waals surface area contributed by atoms with Gasteiger partial charge in [-0.2, -0.15) is 0 Å². The van der Waals surface area contributed by atoms with Gasteiger partial charge in [-0.3, -0.25) is 9.59 Å². The fourth-order valence-electron chi connectivity index (χ4n) is 1.44. The maximum Gasteiger partial charge on any atom is 0.326 e. The van der Waals surface area contributed by atoms with Gasteiger partial charge in [-0.15, -0.1) is 0 Å². The molecule has 0 fully saturated rings.